The Morgan fingerprint density at radius 2 is 1.80 bits per heavy atom. The highest BCUT2D eigenvalue weighted by Gasteiger charge is 2.40. The van der Waals surface area contributed by atoms with Crippen LogP contribution in [0.5, 0.6) is 0 Å². The molecule has 1 aromatic heterocycles. The molecule has 5 rings (SSSR count). The van der Waals surface area contributed by atoms with Gasteiger partial charge in [-0.3, -0.25) is 9.59 Å². The fourth-order valence-electron chi connectivity index (χ4n) is 5.17. The maximum absolute atomic E-state index is 13.8. The third kappa shape index (κ3) is 7.53. The third-order valence-electron chi connectivity index (χ3n) is 7.22. The number of amides is 2. The van der Waals surface area contributed by atoms with Crippen molar-refractivity contribution < 1.29 is 32.7 Å². The van der Waals surface area contributed by atoms with E-state index in [-0.39, 0.29) is 29.5 Å². The van der Waals surface area contributed by atoms with Crippen molar-refractivity contribution in [1.82, 2.24) is 31.3 Å². The Balaban J connectivity index is 0.00000461. The average Bonchev–Trinajstić information content (AvgIpc) is 3.54. The minimum absolute atomic E-state index is 0. The lowest BCUT2D eigenvalue weighted by Gasteiger charge is -2.40. The van der Waals surface area contributed by atoms with Crippen molar-refractivity contribution in [1.29, 1.82) is 0 Å². The average molecular weight is 642 g/mol. The van der Waals surface area contributed by atoms with E-state index in [1.807, 2.05) is 0 Å². The predicted molar refractivity (Wildman–Crippen MR) is 159 cm³/mol. The molecule has 1 aliphatic heterocycles. The van der Waals surface area contributed by atoms with Crippen LogP contribution in [0.15, 0.2) is 79.1 Å². The van der Waals surface area contributed by atoms with Gasteiger partial charge in [0, 0.05) is 34.8 Å². The molecule has 45 heavy (non-hydrogen) atoms. The Hall–Kier alpha value is -5.08. The Morgan fingerprint density at radius 3 is 2.47 bits per heavy atom. The number of hydrogen-bond acceptors (Lipinski definition) is 7. The molecule has 4 aromatic rings. The number of nitrogens with one attached hydrogen (secondary N) is 1. The lowest BCUT2D eigenvalue weighted by atomic mass is 9.82. The number of halogens is 4. The molecule has 0 spiro atoms. The van der Waals surface area contributed by atoms with Gasteiger partial charge < -0.3 is 21.5 Å². The molecule has 1 saturated heterocycles. The highest BCUT2D eigenvalue weighted by Crippen LogP contribution is 2.37. The molecular weight excluding hydrogens is 615 g/mol. The van der Waals surface area contributed by atoms with Crippen LogP contribution in [0, 0.1) is 0 Å². The second-order valence-corrected chi connectivity index (χ2v) is 10.4. The van der Waals surface area contributed by atoms with Crippen molar-refractivity contribution in [3.05, 3.63) is 106 Å². The molecule has 234 valence electrons. The summed E-state index contributed by atoms with van der Waals surface area (Å²) in [5, 5.41) is 23.4. The number of carboxylic acid groups (broad SMARTS) is 1. The molecule has 2 unspecified atom stereocenters. The lowest BCUT2D eigenvalue weighted by Crippen LogP contribution is -2.53. The molecule has 2 atom stereocenters. The normalized spacial score (nSPS) is 16.7. The van der Waals surface area contributed by atoms with E-state index in [4.69, 9.17) is 11.6 Å². The van der Waals surface area contributed by atoms with Gasteiger partial charge in [0.25, 0.3) is 0 Å². The Labute approximate surface area is 259 Å². The number of aromatic carboxylic acids is 1. The van der Waals surface area contributed by atoms with Crippen molar-refractivity contribution in [2.75, 3.05) is 11.9 Å². The second kappa shape index (κ2) is 13.7. The van der Waals surface area contributed by atoms with Gasteiger partial charge in [-0.05, 0) is 83.4 Å². The molecule has 0 saturated carbocycles. The number of piperidine rings is 1. The van der Waals surface area contributed by atoms with Crippen molar-refractivity contribution in [2.24, 2.45) is 0 Å². The molecule has 3 aromatic carbocycles. The zero-order valence-corrected chi connectivity index (χ0v) is 24.2. The predicted octanol–water partition coefficient (Wildman–Crippen LogP) is 5.62. The van der Waals surface area contributed by atoms with E-state index in [0.717, 1.165) is 12.1 Å². The van der Waals surface area contributed by atoms with Gasteiger partial charge in [0.2, 0.25) is 11.8 Å². The number of rotatable bonds is 7. The summed E-state index contributed by atoms with van der Waals surface area (Å²) >= 11 is 6.19. The summed E-state index contributed by atoms with van der Waals surface area (Å²) in [4.78, 5) is 40.0. The smallest absolute Gasteiger partial charge is 0.416 e. The van der Waals surface area contributed by atoms with E-state index in [9.17, 15) is 32.7 Å². The maximum atomic E-state index is 13.8. The number of benzene rings is 3. The van der Waals surface area contributed by atoms with E-state index >= 15 is 0 Å². The van der Waals surface area contributed by atoms with Crippen molar-refractivity contribution >= 4 is 41.1 Å². The first kappa shape index (κ1) is 32.8. The zero-order chi connectivity index (χ0) is 31.4. The van der Waals surface area contributed by atoms with Gasteiger partial charge in [-0.1, -0.05) is 29.8 Å². The van der Waals surface area contributed by atoms with Gasteiger partial charge >= 0.3 is 12.1 Å². The number of alkyl halides is 3. The topological polar surface area (TPSA) is 165 Å². The molecule has 15 heteroatoms. The number of likely N-dealkylation sites (tertiary alicyclic amines) is 1. The number of anilines is 1. The van der Waals surface area contributed by atoms with Crippen molar-refractivity contribution in [3.63, 3.8) is 0 Å². The summed E-state index contributed by atoms with van der Waals surface area (Å²) in [7, 11) is 0. The molecule has 2 amide bonds. The number of carboxylic acids is 1. The molecular formula is C30H27ClF3N7O4. The van der Waals surface area contributed by atoms with Gasteiger partial charge in [-0.25, -0.2) is 4.79 Å². The van der Waals surface area contributed by atoms with Crippen LogP contribution in [0.3, 0.4) is 0 Å². The van der Waals surface area contributed by atoms with Crippen LogP contribution < -0.4 is 11.5 Å². The van der Waals surface area contributed by atoms with Gasteiger partial charge in [0.15, 0.2) is 0 Å². The standard InChI is InChI=1S/C30H24ClF3N6O4.H3N/c31-22-9-12-25(40-17-35-37-38-40)20(16-22)8-13-26(41)39-14-2-5-24(19-3-1-4-21(15-19)30(32,33)34)27(39)28(42)36-23-10-6-18(7-11-23)29(43)44;/h1,3-4,6-13,15-17,24,27H,2,5,14H2,(H,36,42)(H,43,44);1H3/b13-8+;. The highest BCUT2D eigenvalue weighted by molar-refractivity contribution is 6.30. The maximum Gasteiger partial charge on any atom is 0.416 e. The molecule has 0 aliphatic carbocycles. The third-order valence-corrected chi connectivity index (χ3v) is 7.45. The monoisotopic (exact) mass is 641 g/mol. The van der Waals surface area contributed by atoms with Crippen LogP contribution in [0.1, 0.15) is 45.8 Å². The minimum atomic E-state index is -4.60. The van der Waals surface area contributed by atoms with Crippen LogP contribution in [0.4, 0.5) is 18.9 Å². The SMILES string of the molecule is N.O=C(O)c1ccc(NC(=O)C2C(c3cccc(C(F)(F)F)c3)CCCN2C(=O)/C=C/c2cc(Cl)ccc2-n2cnnn2)cc1. The number of hydrogen-bond donors (Lipinski definition) is 3. The van der Waals surface area contributed by atoms with Gasteiger partial charge in [0.05, 0.1) is 16.8 Å². The lowest BCUT2D eigenvalue weighted by molar-refractivity contribution is -0.138. The summed E-state index contributed by atoms with van der Waals surface area (Å²) in [5.41, 5.74) is 0.705. The van der Waals surface area contributed by atoms with Gasteiger partial charge in [0.1, 0.15) is 12.4 Å². The Kier molecular flexibility index (Phi) is 9.99. The van der Waals surface area contributed by atoms with Gasteiger partial charge in [-0.15, -0.1) is 5.10 Å². The van der Waals surface area contributed by atoms with E-state index in [2.05, 4.69) is 20.8 Å². The van der Waals surface area contributed by atoms with Crippen LogP contribution in [-0.4, -0.2) is 60.6 Å². The van der Waals surface area contributed by atoms with E-state index in [1.54, 1.807) is 18.2 Å². The summed E-state index contributed by atoms with van der Waals surface area (Å²) in [6.45, 7) is 0.171. The summed E-state index contributed by atoms with van der Waals surface area (Å²) in [6, 6.07) is 13.9. The number of carbonyl (C=O) groups is 3. The number of aromatic nitrogens is 4. The number of tetrazole rings is 1. The first-order chi connectivity index (χ1) is 21.0. The van der Waals surface area contributed by atoms with Crippen molar-refractivity contribution in [3.8, 4) is 5.69 Å². The van der Waals surface area contributed by atoms with E-state index in [0.29, 0.717) is 29.1 Å². The van der Waals surface area contributed by atoms with E-state index in [1.165, 1.54) is 64.5 Å². The fraction of sp³-hybridized carbons (Fsp3) is 0.200. The number of carbonyl (C=O) groups excluding carboxylic acids is 2. The first-order valence-electron chi connectivity index (χ1n) is 13.3. The van der Waals surface area contributed by atoms with Crippen molar-refractivity contribution in [2.45, 2.75) is 31.0 Å². The first-order valence-corrected chi connectivity index (χ1v) is 13.7. The highest BCUT2D eigenvalue weighted by atomic mass is 35.5. The van der Waals surface area contributed by atoms with Gasteiger partial charge in [-0.2, -0.15) is 17.9 Å². The molecule has 0 radical (unpaired) electrons. The largest absolute Gasteiger partial charge is 0.478 e. The quantitative estimate of drug-likeness (QED) is 0.219. The molecule has 1 aliphatic rings. The molecule has 5 N–H and O–H groups in total. The molecule has 1 fully saturated rings. The minimum Gasteiger partial charge on any atom is -0.478 e. The molecule has 0 bridgehead atoms. The molecule has 2 heterocycles. The van der Waals surface area contributed by atoms with Crippen LogP contribution in [0.25, 0.3) is 11.8 Å². The fourth-order valence-corrected chi connectivity index (χ4v) is 5.35. The van der Waals surface area contributed by atoms with Crippen LogP contribution in [0.2, 0.25) is 5.02 Å². The Bertz CT molecular complexity index is 1710. The molecule has 11 nitrogen and oxygen atoms in total. The Morgan fingerprint density at radius 1 is 1.04 bits per heavy atom. The second-order valence-electron chi connectivity index (χ2n) is 10.0. The van der Waals surface area contributed by atoms with E-state index < -0.39 is 41.5 Å². The summed E-state index contributed by atoms with van der Waals surface area (Å²) in [5.74, 6) is -3.09. The summed E-state index contributed by atoms with van der Waals surface area (Å²) < 4.78 is 42.1. The van der Waals surface area contributed by atoms with Crippen LogP contribution in [-0.2, 0) is 15.8 Å². The van der Waals surface area contributed by atoms with Crippen LogP contribution >= 0.6 is 11.6 Å². The summed E-state index contributed by atoms with van der Waals surface area (Å²) in [6.07, 6.45) is 0.318. The number of nitrogens with zero attached hydrogens (tertiary/aromatic N) is 5. The zero-order valence-electron chi connectivity index (χ0n) is 23.5.